The molecule has 3 heterocycles. The van der Waals surface area contributed by atoms with Gasteiger partial charge in [-0.2, -0.15) is 0 Å². The van der Waals surface area contributed by atoms with E-state index in [1.54, 1.807) is 24.5 Å². The third kappa shape index (κ3) is 5.32. The van der Waals surface area contributed by atoms with Gasteiger partial charge in [0.15, 0.2) is 5.78 Å². The second-order valence-electron chi connectivity index (χ2n) is 8.62. The molecule has 0 radical (unpaired) electrons. The summed E-state index contributed by atoms with van der Waals surface area (Å²) in [7, 11) is -1.31. The molecule has 0 bridgehead atoms. The molecule has 174 valence electrons. The molecular formula is C25H24N4O3S2. The standard InChI is InChI=1S/C25H24N4O3S2/c30-20-15-24(31)33-21(20)14-19-10-12-26-23(28-19)13-16-6-8-18(9-7-16)29-34(32)22-5-1-3-17-4-2-11-27-25(17)22/h1-5,10-12,14,16,18,29H,6-9,13,15H2/b21-14-. The number of nitrogens with zero attached hydrogens (tertiary/aromatic N) is 3. The number of carbonyl (C=O) groups is 2. The Balaban J connectivity index is 1.17. The van der Waals surface area contributed by atoms with Gasteiger partial charge in [-0.15, -0.1) is 0 Å². The maximum absolute atomic E-state index is 13.0. The van der Waals surface area contributed by atoms with Gasteiger partial charge in [0.25, 0.3) is 0 Å². The predicted octanol–water partition coefficient (Wildman–Crippen LogP) is 4.01. The monoisotopic (exact) mass is 492 g/mol. The minimum Gasteiger partial charge on any atom is -0.293 e. The number of thioether (sulfide) groups is 1. The number of allylic oxidation sites excluding steroid dienone is 1. The lowest BCUT2D eigenvalue weighted by Gasteiger charge is -2.28. The molecule has 0 spiro atoms. The van der Waals surface area contributed by atoms with E-state index in [4.69, 9.17) is 0 Å². The Morgan fingerprint density at radius 3 is 2.65 bits per heavy atom. The number of rotatable bonds is 6. The average Bonchev–Trinajstić information content (AvgIpc) is 3.16. The number of para-hydroxylation sites is 1. The summed E-state index contributed by atoms with van der Waals surface area (Å²) in [5, 5.41) is 0.868. The van der Waals surface area contributed by atoms with E-state index in [1.807, 2.05) is 30.3 Å². The van der Waals surface area contributed by atoms with Gasteiger partial charge >= 0.3 is 0 Å². The summed E-state index contributed by atoms with van der Waals surface area (Å²) < 4.78 is 16.3. The van der Waals surface area contributed by atoms with E-state index in [-0.39, 0.29) is 23.4 Å². The van der Waals surface area contributed by atoms with E-state index in [1.165, 1.54) is 0 Å². The van der Waals surface area contributed by atoms with Gasteiger partial charge in [-0.25, -0.2) is 18.9 Å². The quantitative estimate of drug-likeness (QED) is 0.410. The first kappa shape index (κ1) is 23.0. The number of ketones is 1. The number of benzene rings is 1. The lowest BCUT2D eigenvalue weighted by atomic mass is 9.84. The molecule has 1 aromatic carbocycles. The zero-order valence-corrected chi connectivity index (χ0v) is 20.1. The van der Waals surface area contributed by atoms with Gasteiger partial charge in [0.05, 0.1) is 27.4 Å². The maximum atomic E-state index is 13.0. The van der Waals surface area contributed by atoms with E-state index in [9.17, 15) is 13.8 Å². The van der Waals surface area contributed by atoms with Gasteiger partial charge in [-0.05, 0) is 67.6 Å². The molecule has 34 heavy (non-hydrogen) atoms. The molecule has 1 aliphatic heterocycles. The van der Waals surface area contributed by atoms with Crippen molar-refractivity contribution in [2.75, 3.05) is 0 Å². The third-order valence-corrected chi connectivity index (χ3v) is 8.41. The Labute approximate surface area is 204 Å². The fourth-order valence-electron chi connectivity index (χ4n) is 4.45. The molecular weight excluding hydrogens is 468 g/mol. The number of aromatic nitrogens is 3. The summed E-state index contributed by atoms with van der Waals surface area (Å²) in [5.74, 6) is 1.06. The lowest BCUT2D eigenvalue weighted by Crippen LogP contribution is -2.35. The summed E-state index contributed by atoms with van der Waals surface area (Å²) in [6.07, 6.45) is 9.72. The fourth-order valence-corrected chi connectivity index (χ4v) is 6.48. The molecule has 1 aliphatic carbocycles. The number of pyridine rings is 1. The number of fused-ring (bicyclic) bond motifs is 1. The van der Waals surface area contributed by atoms with Crippen LogP contribution in [0.2, 0.25) is 0 Å². The van der Waals surface area contributed by atoms with Crippen LogP contribution in [0.3, 0.4) is 0 Å². The summed E-state index contributed by atoms with van der Waals surface area (Å²) in [5.41, 5.74) is 1.43. The van der Waals surface area contributed by atoms with Crippen LogP contribution in [0.25, 0.3) is 17.0 Å². The lowest BCUT2D eigenvalue weighted by molar-refractivity contribution is -0.119. The van der Waals surface area contributed by atoms with E-state index < -0.39 is 11.0 Å². The highest BCUT2D eigenvalue weighted by molar-refractivity contribution is 8.18. The Morgan fingerprint density at radius 1 is 1.03 bits per heavy atom. The van der Waals surface area contributed by atoms with Crippen molar-refractivity contribution in [2.24, 2.45) is 5.92 Å². The molecule has 2 fully saturated rings. The normalized spacial score (nSPS) is 23.0. The molecule has 1 N–H and O–H groups in total. The highest BCUT2D eigenvalue weighted by Crippen LogP contribution is 2.31. The Morgan fingerprint density at radius 2 is 1.85 bits per heavy atom. The van der Waals surface area contributed by atoms with Crippen LogP contribution in [0.4, 0.5) is 0 Å². The van der Waals surface area contributed by atoms with Crippen LogP contribution in [-0.4, -0.2) is 36.1 Å². The minimum atomic E-state index is -1.31. The summed E-state index contributed by atoms with van der Waals surface area (Å²) >= 11 is 0.990. The van der Waals surface area contributed by atoms with Crippen LogP contribution in [0.15, 0.2) is 58.6 Å². The average molecular weight is 493 g/mol. The van der Waals surface area contributed by atoms with E-state index >= 15 is 0 Å². The molecule has 2 aromatic heterocycles. The molecule has 9 heteroatoms. The Bertz CT molecular complexity index is 1300. The molecule has 5 rings (SSSR count). The molecule has 2 aliphatic rings. The largest absolute Gasteiger partial charge is 0.293 e. The van der Waals surface area contributed by atoms with Crippen molar-refractivity contribution >= 4 is 50.6 Å². The molecule has 7 nitrogen and oxygen atoms in total. The molecule has 1 atom stereocenters. The molecule has 3 aromatic rings. The van der Waals surface area contributed by atoms with Gasteiger partial charge in [-0.1, -0.05) is 18.2 Å². The number of hydrogen-bond acceptors (Lipinski definition) is 7. The van der Waals surface area contributed by atoms with Crippen molar-refractivity contribution in [3.8, 4) is 0 Å². The van der Waals surface area contributed by atoms with E-state index in [0.29, 0.717) is 16.5 Å². The Hall–Kier alpha value is -2.75. The van der Waals surface area contributed by atoms with Crippen LogP contribution in [-0.2, 0) is 27.0 Å². The maximum Gasteiger partial charge on any atom is 0.201 e. The predicted molar refractivity (Wildman–Crippen MR) is 133 cm³/mol. The highest BCUT2D eigenvalue weighted by Gasteiger charge is 2.26. The summed E-state index contributed by atoms with van der Waals surface area (Å²) in [6.45, 7) is 0. The SMILES string of the molecule is O=C1CC(=O)/C(=C/c2ccnc(CC3CCC(NS(=O)c4cccc5cccnc45)CC3)n2)S1. The van der Waals surface area contributed by atoms with Gasteiger partial charge in [0.2, 0.25) is 5.12 Å². The van der Waals surface area contributed by atoms with Crippen LogP contribution < -0.4 is 4.72 Å². The second kappa shape index (κ2) is 10.2. The number of Topliss-reactive ketones (excluding diaryl/α,β-unsaturated/α-hetero) is 1. The fraction of sp³-hybridized carbons (Fsp3) is 0.320. The van der Waals surface area contributed by atoms with Crippen LogP contribution in [0.5, 0.6) is 0 Å². The van der Waals surface area contributed by atoms with Crippen molar-refractivity contribution < 1.29 is 13.8 Å². The topological polar surface area (TPSA) is 102 Å². The number of nitrogens with one attached hydrogen (secondary N) is 1. The first-order chi connectivity index (χ1) is 16.5. The van der Waals surface area contributed by atoms with Crippen LogP contribution >= 0.6 is 11.8 Å². The molecule has 0 amide bonds. The van der Waals surface area contributed by atoms with Gasteiger partial charge in [0, 0.05) is 30.2 Å². The zero-order chi connectivity index (χ0) is 23.5. The van der Waals surface area contributed by atoms with E-state index in [2.05, 4.69) is 19.7 Å². The van der Waals surface area contributed by atoms with Crippen molar-refractivity contribution in [3.63, 3.8) is 0 Å². The number of carbonyl (C=O) groups excluding carboxylic acids is 2. The van der Waals surface area contributed by atoms with Gasteiger partial charge in [-0.3, -0.25) is 14.6 Å². The van der Waals surface area contributed by atoms with Gasteiger partial charge in [0.1, 0.15) is 16.8 Å². The van der Waals surface area contributed by atoms with Crippen LogP contribution in [0.1, 0.15) is 43.6 Å². The summed E-state index contributed by atoms with van der Waals surface area (Å²) in [4.78, 5) is 37.9. The zero-order valence-electron chi connectivity index (χ0n) is 18.5. The number of hydrogen-bond donors (Lipinski definition) is 1. The first-order valence-electron chi connectivity index (χ1n) is 11.3. The minimum absolute atomic E-state index is 0.0342. The Kier molecular flexibility index (Phi) is 6.94. The smallest absolute Gasteiger partial charge is 0.201 e. The van der Waals surface area contributed by atoms with Crippen molar-refractivity contribution in [1.82, 2.24) is 19.7 Å². The van der Waals surface area contributed by atoms with Crippen molar-refractivity contribution in [3.05, 3.63) is 65.2 Å². The van der Waals surface area contributed by atoms with Crippen molar-refractivity contribution in [2.45, 2.75) is 49.5 Å². The second-order valence-corrected chi connectivity index (χ2v) is 10.9. The molecule has 1 saturated carbocycles. The van der Waals surface area contributed by atoms with Crippen molar-refractivity contribution in [1.29, 1.82) is 0 Å². The molecule has 1 saturated heterocycles. The highest BCUT2D eigenvalue weighted by atomic mass is 32.2. The van der Waals surface area contributed by atoms with Gasteiger partial charge < -0.3 is 0 Å². The molecule has 1 unspecified atom stereocenters. The van der Waals surface area contributed by atoms with Crippen LogP contribution in [0, 0.1) is 5.92 Å². The first-order valence-corrected chi connectivity index (χ1v) is 13.3. The summed E-state index contributed by atoms with van der Waals surface area (Å²) in [6, 6.07) is 11.6. The van der Waals surface area contributed by atoms with E-state index in [0.717, 1.165) is 65.5 Å². The third-order valence-electron chi connectivity index (χ3n) is 6.20.